The topological polar surface area (TPSA) is 38.7 Å². The molecule has 0 aromatic carbocycles. The van der Waals surface area contributed by atoms with Crippen molar-refractivity contribution in [3.8, 4) is 0 Å². The van der Waals surface area contributed by atoms with Crippen molar-refractivity contribution in [1.82, 2.24) is 0 Å². The van der Waals surface area contributed by atoms with Gasteiger partial charge in [-0.3, -0.25) is 0 Å². The summed E-state index contributed by atoms with van der Waals surface area (Å²) in [5.41, 5.74) is 0. The number of hydrogen-bond acceptors (Lipinski definition) is 3. The normalized spacial score (nSPS) is 27.2. The zero-order valence-corrected chi connectivity index (χ0v) is 9.24. The van der Waals surface area contributed by atoms with Gasteiger partial charge >= 0.3 is 0 Å². The molecule has 0 aromatic rings. The molecule has 84 valence electrons. The molecule has 0 aromatic heterocycles. The summed E-state index contributed by atoms with van der Waals surface area (Å²) in [7, 11) is 0. The fourth-order valence-corrected chi connectivity index (χ4v) is 1.90. The minimum absolute atomic E-state index is 0.108. The van der Waals surface area contributed by atoms with Crippen LogP contribution in [0.15, 0.2) is 0 Å². The van der Waals surface area contributed by atoms with Gasteiger partial charge in [0.2, 0.25) is 0 Å². The van der Waals surface area contributed by atoms with E-state index < -0.39 is 0 Å². The summed E-state index contributed by atoms with van der Waals surface area (Å²) in [6, 6.07) is 0. The highest BCUT2D eigenvalue weighted by Gasteiger charge is 2.24. The third kappa shape index (κ3) is 3.95. The molecule has 0 radical (unpaired) electrons. The number of aliphatic hydroxyl groups excluding tert-OH is 1. The van der Waals surface area contributed by atoms with Crippen LogP contribution in [0.1, 0.15) is 33.1 Å². The molecule has 1 saturated heterocycles. The first kappa shape index (κ1) is 12.0. The van der Waals surface area contributed by atoms with Gasteiger partial charge in [-0.05, 0) is 12.3 Å². The summed E-state index contributed by atoms with van der Waals surface area (Å²) >= 11 is 0. The average molecular weight is 202 g/mol. The Hall–Kier alpha value is -0.120. The van der Waals surface area contributed by atoms with Crippen molar-refractivity contribution in [1.29, 1.82) is 0 Å². The van der Waals surface area contributed by atoms with E-state index in [1.54, 1.807) is 0 Å². The Morgan fingerprint density at radius 3 is 2.79 bits per heavy atom. The predicted octanol–water partition coefficient (Wildman–Crippen LogP) is 1.59. The van der Waals surface area contributed by atoms with Crippen LogP contribution in [-0.4, -0.2) is 37.1 Å². The first-order valence-electron chi connectivity index (χ1n) is 5.61. The van der Waals surface area contributed by atoms with Gasteiger partial charge in [0.25, 0.3) is 0 Å². The number of hydrogen-bond donors (Lipinski definition) is 1. The minimum atomic E-state index is -0.364. The van der Waals surface area contributed by atoms with Crippen LogP contribution in [0, 0.1) is 5.92 Å². The van der Waals surface area contributed by atoms with Gasteiger partial charge in [-0.1, -0.05) is 26.7 Å². The van der Waals surface area contributed by atoms with Gasteiger partial charge in [-0.25, -0.2) is 0 Å². The molecule has 0 amide bonds. The number of aliphatic hydroxyl groups is 1. The lowest BCUT2D eigenvalue weighted by atomic mass is 9.96. The van der Waals surface area contributed by atoms with Crippen LogP contribution in [0.2, 0.25) is 0 Å². The zero-order valence-electron chi connectivity index (χ0n) is 9.24. The first-order chi connectivity index (χ1) is 6.74. The molecular formula is C11H22O3. The van der Waals surface area contributed by atoms with Gasteiger partial charge in [0.15, 0.2) is 0 Å². The fraction of sp³-hybridized carbons (Fsp3) is 1.00. The van der Waals surface area contributed by atoms with Crippen LogP contribution < -0.4 is 0 Å². The maximum atomic E-state index is 9.87. The molecule has 1 heterocycles. The second kappa shape index (κ2) is 6.38. The lowest BCUT2D eigenvalue weighted by Crippen LogP contribution is -2.39. The highest BCUT2D eigenvalue weighted by molar-refractivity contribution is 4.73. The molecule has 1 rings (SSSR count). The summed E-state index contributed by atoms with van der Waals surface area (Å²) in [4.78, 5) is 0. The highest BCUT2D eigenvalue weighted by Crippen LogP contribution is 2.17. The number of rotatable bonds is 5. The molecule has 3 heteroatoms. The van der Waals surface area contributed by atoms with Crippen molar-refractivity contribution in [3.63, 3.8) is 0 Å². The summed E-state index contributed by atoms with van der Waals surface area (Å²) < 4.78 is 10.7. The maximum Gasteiger partial charge on any atom is 0.107 e. The third-order valence-corrected chi connectivity index (χ3v) is 2.70. The van der Waals surface area contributed by atoms with Crippen LogP contribution in [0.4, 0.5) is 0 Å². The van der Waals surface area contributed by atoms with Gasteiger partial charge in [0.1, 0.15) is 6.10 Å². The van der Waals surface area contributed by atoms with E-state index in [0.717, 1.165) is 6.42 Å². The van der Waals surface area contributed by atoms with E-state index in [-0.39, 0.29) is 12.2 Å². The van der Waals surface area contributed by atoms with E-state index in [9.17, 15) is 5.11 Å². The van der Waals surface area contributed by atoms with E-state index in [2.05, 4.69) is 13.8 Å². The van der Waals surface area contributed by atoms with Crippen molar-refractivity contribution in [2.45, 2.75) is 45.3 Å². The molecule has 14 heavy (non-hydrogen) atoms. The fourth-order valence-electron chi connectivity index (χ4n) is 1.90. The Kier molecular flexibility index (Phi) is 5.45. The lowest BCUT2D eigenvalue weighted by Gasteiger charge is -2.28. The molecule has 0 saturated carbocycles. The molecule has 0 bridgehead atoms. The summed E-state index contributed by atoms with van der Waals surface area (Å²) in [5.74, 6) is 0.570. The maximum absolute atomic E-state index is 9.87. The zero-order chi connectivity index (χ0) is 10.4. The van der Waals surface area contributed by atoms with E-state index in [1.165, 1.54) is 12.8 Å². The molecule has 0 spiro atoms. The van der Waals surface area contributed by atoms with Crippen LogP contribution >= 0.6 is 0 Å². The van der Waals surface area contributed by atoms with Crippen LogP contribution in [-0.2, 0) is 9.47 Å². The summed E-state index contributed by atoms with van der Waals surface area (Å²) in [6.45, 7) is 6.16. The molecule has 3 atom stereocenters. The van der Waals surface area contributed by atoms with E-state index in [1.807, 2.05) is 0 Å². The van der Waals surface area contributed by atoms with Crippen LogP contribution in [0.25, 0.3) is 0 Å². The van der Waals surface area contributed by atoms with Gasteiger partial charge in [-0.2, -0.15) is 0 Å². The van der Waals surface area contributed by atoms with E-state index >= 15 is 0 Å². The Balaban J connectivity index is 2.21. The molecule has 1 fully saturated rings. The Morgan fingerprint density at radius 1 is 1.43 bits per heavy atom. The SMILES string of the molecule is CCCC(C)CC(O)C1COCCO1. The Bertz CT molecular complexity index is 143. The lowest BCUT2D eigenvalue weighted by molar-refractivity contribution is -0.135. The van der Waals surface area contributed by atoms with Crippen molar-refractivity contribution in [2.75, 3.05) is 19.8 Å². The van der Waals surface area contributed by atoms with Crippen molar-refractivity contribution < 1.29 is 14.6 Å². The molecule has 3 nitrogen and oxygen atoms in total. The predicted molar refractivity (Wildman–Crippen MR) is 55.3 cm³/mol. The Morgan fingerprint density at radius 2 is 2.21 bits per heavy atom. The second-order valence-corrected chi connectivity index (χ2v) is 4.18. The molecule has 3 unspecified atom stereocenters. The van der Waals surface area contributed by atoms with Crippen molar-refractivity contribution in [3.05, 3.63) is 0 Å². The number of ether oxygens (including phenoxy) is 2. The minimum Gasteiger partial charge on any atom is -0.390 e. The van der Waals surface area contributed by atoms with Crippen LogP contribution in [0.5, 0.6) is 0 Å². The molecule has 1 N–H and O–H groups in total. The first-order valence-corrected chi connectivity index (χ1v) is 5.61. The van der Waals surface area contributed by atoms with E-state index in [0.29, 0.717) is 25.7 Å². The molecule has 1 aliphatic rings. The molecular weight excluding hydrogens is 180 g/mol. The molecule has 1 aliphatic heterocycles. The molecule has 0 aliphatic carbocycles. The van der Waals surface area contributed by atoms with E-state index in [4.69, 9.17) is 9.47 Å². The van der Waals surface area contributed by atoms with Crippen molar-refractivity contribution in [2.24, 2.45) is 5.92 Å². The highest BCUT2D eigenvalue weighted by atomic mass is 16.6. The quantitative estimate of drug-likeness (QED) is 0.735. The van der Waals surface area contributed by atoms with Gasteiger partial charge in [0.05, 0.1) is 25.9 Å². The van der Waals surface area contributed by atoms with Gasteiger partial charge in [-0.15, -0.1) is 0 Å². The van der Waals surface area contributed by atoms with Crippen LogP contribution in [0.3, 0.4) is 0 Å². The van der Waals surface area contributed by atoms with Gasteiger partial charge in [0, 0.05) is 0 Å². The largest absolute Gasteiger partial charge is 0.390 e. The average Bonchev–Trinajstić information content (AvgIpc) is 2.19. The monoisotopic (exact) mass is 202 g/mol. The standard InChI is InChI=1S/C11H22O3/c1-3-4-9(2)7-10(12)11-8-13-5-6-14-11/h9-12H,3-8H2,1-2H3. The van der Waals surface area contributed by atoms with Gasteiger partial charge < -0.3 is 14.6 Å². The smallest absolute Gasteiger partial charge is 0.107 e. The van der Waals surface area contributed by atoms with Crippen molar-refractivity contribution >= 4 is 0 Å². The summed E-state index contributed by atoms with van der Waals surface area (Å²) in [5, 5.41) is 9.87. The third-order valence-electron chi connectivity index (χ3n) is 2.70. The summed E-state index contributed by atoms with van der Waals surface area (Å²) in [6.07, 6.45) is 2.70. The Labute approximate surface area is 86.4 Å². The second-order valence-electron chi connectivity index (χ2n) is 4.18.